The Labute approximate surface area is 117 Å². The molecule has 0 saturated carbocycles. The number of pyridine rings is 1. The highest BCUT2D eigenvalue weighted by molar-refractivity contribution is 7.17. The van der Waals surface area contributed by atoms with Crippen molar-refractivity contribution in [1.82, 2.24) is 9.88 Å². The van der Waals surface area contributed by atoms with E-state index in [9.17, 15) is 0 Å². The lowest BCUT2D eigenvalue weighted by Crippen LogP contribution is -2.35. The molecular weight excluding hydrogens is 254 g/mol. The van der Waals surface area contributed by atoms with Crippen molar-refractivity contribution in [3.05, 3.63) is 23.7 Å². The van der Waals surface area contributed by atoms with Gasteiger partial charge in [-0.3, -0.25) is 9.88 Å². The first-order valence-electron chi connectivity index (χ1n) is 7.23. The SMILES string of the molecule is c1cc(N2CCC(N3CCCC3)C2)c2sccc2n1. The van der Waals surface area contributed by atoms with E-state index in [-0.39, 0.29) is 0 Å². The molecule has 0 radical (unpaired) electrons. The van der Waals surface area contributed by atoms with Crippen LogP contribution in [0.4, 0.5) is 5.69 Å². The van der Waals surface area contributed by atoms with E-state index in [4.69, 9.17) is 0 Å². The first-order valence-corrected chi connectivity index (χ1v) is 8.11. The second-order valence-corrected chi connectivity index (χ2v) is 6.51. The quantitative estimate of drug-likeness (QED) is 0.838. The predicted octanol–water partition coefficient (Wildman–Crippen LogP) is 2.97. The van der Waals surface area contributed by atoms with Crippen LogP contribution in [0, 0.1) is 0 Å². The van der Waals surface area contributed by atoms with Gasteiger partial charge in [-0.25, -0.2) is 0 Å². The van der Waals surface area contributed by atoms with E-state index in [2.05, 4.69) is 32.3 Å². The number of fused-ring (bicyclic) bond motifs is 1. The topological polar surface area (TPSA) is 19.4 Å². The molecule has 2 saturated heterocycles. The van der Waals surface area contributed by atoms with Crippen molar-refractivity contribution < 1.29 is 0 Å². The largest absolute Gasteiger partial charge is 0.369 e. The van der Waals surface area contributed by atoms with Crippen LogP contribution in [0.1, 0.15) is 19.3 Å². The van der Waals surface area contributed by atoms with E-state index >= 15 is 0 Å². The molecule has 0 spiro atoms. The van der Waals surface area contributed by atoms with E-state index in [0.29, 0.717) is 0 Å². The van der Waals surface area contributed by atoms with Gasteiger partial charge in [0.15, 0.2) is 0 Å². The average molecular weight is 273 g/mol. The minimum atomic E-state index is 0.769. The summed E-state index contributed by atoms with van der Waals surface area (Å²) in [7, 11) is 0. The summed E-state index contributed by atoms with van der Waals surface area (Å²) in [4.78, 5) is 9.69. The number of hydrogen-bond donors (Lipinski definition) is 0. The maximum absolute atomic E-state index is 4.44. The maximum atomic E-state index is 4.44. The van der Waals surface area contributed by atoms with Gasteiger partial charge in [-0.2, -0.15) is 0 Å². The second kappa shape index (κ2) is 4.76. The summed E-state index contributed by atoms with van der Waals surface area (Å²) in [6.45, 7) is 5.00. The van der Waals surface area contributed by atoms with Crippen molar-refractivity contribution in [2.45, 2.75) is 25.3 Å². The van der Waals surface area contributed by atoms with E-state index in [1.165, 1.54) is 55.8 Å². The zero-order chi connectivity index (χ0) is 12.7. The lowest BCUT2D eigenvalue weighted by Gasteiger charge is -2.24. The highest BCUT2D eigenvalue weighted by atomic mass is 32.1. The standard InChI is InChI=1S/C15H19N3S/c1-2-8-17(7-1)12-4-9-18(11-12)14-3-6-16-13-5-10-19-15(13)14/h3,5-6,10,12H,1-2,4,7-9,11H2. The molecule has 3 nitrogen and oxygen atoms in total. The fourth-order valence-corrected chi connectivity index (χ4v) is 4.37. The second-order valence-electron chi connectivity index (χ2n) is 5.60. The normalized spacial score (nSPS) is 24.6. The molecular formula is C15H19N3S. The number of rotatable bonds is 2. The van der Waals surface area contributed by atoms with Gasteiger partial charge >= 0.3 is 0 Å². The lowest BCUT2D eigenvalue weighted by atomic mass is 10.2. The van der Waals surface area contributed by atoms with Gasteiger partial charge in [0.05, 0.1) is 15.9 Å². The molecule has 0 N–H and O–H groups in total. The highest BCUT2D eigenvalue weighted by Crippen LogP contribution is 2.33. The third-order valence-electron chi connectivity index (χ3n) is 4.48. The van der Waals surface area contributed by atoms with Crippen molar-refractivity contribution in [3.63, 3.8) is 0 Å². The molecule has 0 bridgehead atoms. The summed E-state index contributed by atoms with van der Waals surface area (Å²) in [5.74, 6) is 0. The van der Waals surface area contributed by atoms with Crippen LogP contribution >= 0.6 is 11.3 Å². The molecule has 2 aromatic heterocycles. The molecule has 2 aromatic rings. The fourth-order valence-electron chi connectivity index (χ4n) is 3.47. The van der Waals surface area contributed by atoms with Crippen LogP contribution < -0.4 is 4.90 Å². The molecule has 2 aliphatic rings. The van der Waals surface area contributed by atoms with Gasteiger partial charge in [0, 0.05) is 25.3 Å². The van der Waals surface area contributed by atoms with Crippen LogP contribution in [-0.2, 0) is 0 Å². The van der Waals surface area contributed by atoms with Gasteiger partial charge in [-0.1, -0.05) is 0 Å². The van der Waals surface area contributed by atoms with Gasteiger partial charge < -0.3 is 4.90 Å². The Bertz CT molecular complexity index is 574. The lowest BCUT2D eigenvalue weighted by molar-refractivity contribution is 0.260. The Morgan fingerprint density at radius 2 is 2.05 bits per heavy atom. The highest BCUT2D eigenvalue weighted by Gasteiger charge is 2.30. The Morgan fingerprint density at radius 3 is 2.95 bits per heavy atom. The monoisotopic (exact) mass is 273 g/mol. The summed E-state index contributed by atoms with van der Waals surface area (Å²) < 4.78 is 1.35. The number of anilines is 1. The Hall–Kier alpha value is -1.13. The minimum Gasteiger partial charge on any atom is -0.369 e. The van der Waals surface area contributed by atoms with E-state index < -0.39 is 0 Å². The molecule has 4 rings (SSSR count). The molecule has 1 atom stereocenters. The third kappa shape index (κ3) is 2.03. The first kappa shape index (κ1) is 11.7. The molecule has 2 aliphatic heterocycles. The molecule has 4 heterocycles. The van der Waals surface area contributed by atoms with Crippen LogP contribution in [0.15, 0.2) is 23.7 Å². The number of thiophene rings is 1. The van der Waals surface area contributed by atoms with E-state index in [1.807, 2.05) is 17.5 Å². The van der Waals surface area contributed by atoms with Crippen molar-refractivity contribution in [2.24, 2.45) is 0 Å². The third-order valence-corrected chi connectivity index (χ3v) is 5.41. The summed E-state index contributed by atoms with van der Waals surface area (Å²) in [5, 5.41) is 2.15. The molecule has 19 heavy (non-hydrogen) atoms. The molecule has 4 heteroatoms. The van der Waals surface area contributed by atoms with Gasteiger partial charge in [0.25, 0.3) is 0 Å². The van der Waals surface area contributed by atoms with Gasteiger partial charge in [-0.15, -0.1) is 11.3 Å². The fraction of sp³-hybridized carbons (Fsp3) is 0.533. The van der Waals surface area contributed by atoms with Gasteiger partial charge in [0.1, 0.15) is 0 Å². The Kier molecular flexibility index (Phi) is 2.93. The Morgan fingerprint density at radius 1 is 1.16 bits per heavy atom. The van der Waals surface area contributed by atoms with E-state index in [1.54, 1.807) is 0 Å². The summed E-state index contributed by atoms with van der Waals surface area (Å²) in [6, 6.07) is 5.08. The molecule has 0 aliphatic carbocycles. The smallest absolute Gasteiger partial charge is 0.0830 e. The van der Waals surface area contributed by atoms with Gasteiger partial charge in [-0.05, 0) is 49.9 Å². The van der Waals surface area contributed by atoms with Crippen molar-refractivity contribution in [1.29, 1.82) is 0 Å². The Balaban J connectivity index is 1.58. The maximum Gasteiger partial charge on any atom is 0.0830 e. The summed E-state index contributed by atoms with van der Waals surface area (Å²) in [5.41, 5.74) is 2.54. The first-order chi connectivity index (χ1) is 9.42. The number of aromatic nitrogens is 1. The molecule has 2 fully saturated rings. The number of likely N-dealkylation sites (tertiary alicyclic amines) is 1. The number of hydrogen-bond acceptors (Lipinski definition) is 4. The molecule has 1 unspecified atom stereocenters. The van der Waals surface area contributed by atoms with Crippen LogP contribution in [-0.4, -0.2) is 42.1 Å². The van der Waals surface area contributed by atoms with E-state index in [0.717, 1.165) is 11.6 Å². The minimum absolute atomic E-state index is 0.769. The van der Waals surface area contributed by atoms with Crippen LogP contribution in [0.3, 0.4) is 0 Å². The molecule has 100 valence electrons. The van der Waals surface area contributed by atoms with Crippen LogP contribution in [0.25, 0.3) is 10.2 Å². The van der Waals surface area contributed by atoms with Crippen LogP contribution in [0.2, 0.25) is 0 Å². The van der Waals surface area contributed by atoms with Crippen molar-refractivity contribution >= 4 is 27.2 Å². The van der Waals surface area contributed by atoms with Crippen molar-refractivity contribution in [2.75, 3.05) is 31.1 Å². The van der Waals surface area contributed by atoms with Gasteiger partial charge in [0.2, 0.25) is 0 Å². The zero-order valence-corrected chi connectivity index (χ0v) is 11.9. The summed E-state index contributed by atoms with van der Waals surface area (Å²) in [6.07, 6.45) is 6.05. The number of nitrogens with zero attached hydrogens (tertiary/aromatic N) is 3. The predicted molar refractivity (Wildman–Crippen MR) is 81.0 cm³/mol. The van der Waals surface area contributed by atoms with Crippen molar-refractivity contribution in [3.8, 4) is 0 Å². The summed E-state index contributed by atoms with van der Waals surface area (Å²) >= 11 is 1.82. The average Bonchev–Trinajstić information content (AvgIpc) is 3.18. The van der Waals surface area contributed by atoms with Crippen LogP contribution in [0.5, 0.6) is 0 Å². The zero-order valence-electron chi connectivity index (χ0n) is 11.1. The molecule has 0 aromatic carbocycles. The molecule has 0 amide bonds.